The van der Waals surface area contributed by atoms with Gasteiger partial charge in [0.05, 0.1) is 7.11 Å². The van der Waals surface area contributed by atoms with E-state index >= 15 is 0 Å². The van der Waals surface area contributed by atoms with Gasteiger partial charge >= 0.3 is 5.97 Å². The van der Waals surface area contributed by atoms with Gasteiger partial charge in [-0.25, -0.2) is 4.79 Å². The maximum absolute atomic E-state index is 12.2. The summed E-state index contributed by atoms with van der Waals surface area (Å²) in [6.07, 6.45) is 2.69. The van der Waals surface area contributed by atoms with Crippen molar-refractivity contribution in [2.24, 2.45) is 5.92 Å². The SMILES string of the molecule is COC(=O)C1(C(C)C)OC12CCc1ccccc1C2. The summed E-state index contributed by atoms with van der Waals surface area (Å²) in [7, 11) is 1.44. The van der Waals surface area contributed by atoms with Crippen LogP contribution in [0.4, 0.5) is 0 Å². The van der Waals surface area contributed by atoms with E-state index in [0.29, 0.717) is 0 Å². The van der Waals surface area contributed by atoms with Crippen LogP contribution in [-0.4, -0.2) is 24.3 Å². The van der Waals surface area contributed by atoms with E-state index in [4.69, 9.17) is 9.47 Å². The zero-order valence-corrected chi connectivity index (χ0v) is 11.7. The molecule has 3 rings (SSSR count). The van der Waals surface area contributed by atoms with Gasteiger partial charge in [0.15, 0.2) is 5.60 Å². The number of esters is 1. The number of hydrogen-bond donors (Lipinski definition) is 0. The first-order chi connectivity index (χ1) is 9.06. The molecular weight excluding hydrogens is 240 g/mol. The van der Waals surface area contributed by atoms with Crippen LogP contribution in [0.3, 0.4) is 0 Å². The number of methoxy groups -OCH3 is 1. The first kappa shape index (κ1) is 12.7. The Morgan fingerprint density at radius 3 is 2.63 bits per heavy atom. The standard InChI is InChI=1S/C16H20O3/c1-11(2)16(14(17)18-3)15(19-16)9-8-12-6-4-5-7-13(12)10-15/h4-7,11H,8-10H2,1-3H3. The van der Waals surface area contributed by atoms with E-state index < -0.39 is 5.60 Å². The van der Waals surface area contributed by atoms with Crippen LogP contribution in [0.2, 0.25) is 0 Å². The first-order valence-electron chi connectivity index (χ1n) is 6.91. The highest BCUT2D eigenvalue weighted by Crippen LogP contribution is 2.59. The zero-order valence-electron chi connectivity index (χ0n) is 11.7. The molecule has 0 aromatic heterocycles. The van der Waals surface area contributed by atoms with Gasteiger partial charge in [-0.1, -0.05) is 38.1 Å². The number of ether oxygens (including phenoxy) is 2. The fourth-order valence-corrected chi connectivity index (χ4v) is 3.65. The van der Waals surface area contributed by atoms with Gasteiger partial charge in [0, 0.05) is 6.42 Å². The maximum Gasteiger partial charge on any atom is 0.341 e. The highest BCUT2D eigenvalue weighted by molar-refractivity contribution is 5.85. The van der Waals surface area contributed by atoms with Gasteiger partial charge in [0.1, 0.15) is 5.60 Å². The van der Waals surface area contributed by atoms with Crippen LogP contribution in [0.15, 0.2) is 24.3 Å². The Bertz CT molecular complexity index is 522. The topological polar surface area (TPSA) is 38.8 Å². The predicted octanol–water partition coefficient (Wildman–Crippen LogP) is 2.51. The molecule has 1 heterocycles. The molecule has 1 saturated heterocycles. The molecule has 0 bridgehead atoms. The summed E-state index contributed by atoms with van der Waals surface area (Å²) in [6, 6.07) is 8.43. The van der Waals surface area contributed by atoms with Crippen LogP contribution in [-0.2, 0) is 27.1 Å². The fraction of sp³-hybridized carbons (Fsp3) is 0.562. The van der Waals surface area contributed by atoms with Gasteiger partial charge in [-0.2, -0.15) is 0 Å². The average Bonchev–Trinajstić information content (AvgIpc) is 3.07. The van der Waals surface area contributed by atoms with E-state index in [9.17, 15) is 4.79 Å². The van der Waals surface area contributed by atoms with Gasteiger partial charge in [-0.05, 0) is 29.9 Å². The molecule has 2 atom stereocenters. The van der Waals surface area contributed by atoms with Crippen LogP contribution in [0, 0.1) is 5.92 Å². The summed E-state index contributed by atoms with van der Waals surface area (Å²) >= 11 is 0. The van der Waals surface area contributed by atoms with Gasteiger partial charge in [0.2, 0.25) is 0 Å². The largest absolute Gasteiger partial charge is 0.467 e. The van der Waals surface area contributed by atoms with Crippen molar-refractivity contribution in [3.8, 4) is 0 Å². The monoisotopic (exact) mass is 260 g/mol. The van der Waals surface area contributed by atoms with E-state index in [2.05, 4.69) is 24.3 Å². The van der Waals surface area contributed by atoms with E-state index in [1.165, 1.54) is 18.2 Å². The second-order valence-electron chi connectivity index (χ2n) is 5.92. The third-order valence-corrected chi connectivity index (χ3v) is 4.69. The summed E-state index contributed by atoms with van der Waals surface area (Å²) in [5.74, 6) is -0.0907. The number of carbonyl (C=O) groups is 1. The number of benzene rings is 1. The molecule has 1 aliphatic heterocycles. The Labute approximate surface area is 113 Å². The molecule has 0 N–H and O–H groups in total. The molecule has 2 aliphatic rings. The molecule has 2 unspecified atom stereocenters. The molecule has 19 heavy (non-hydrogen) atoms. The zero-order chi connectivity index (χ0) is 13.7. The summed E-state index contributed by atoms with van der Waals surface area (Å²) < 4.78 is 11.0. The van der Waals surface area contributed by atoms with Crippen molar-refractivity contribution in [2.45, 2.75) is 44.3 Å². The lowest BCUT2D eigenvalue weighted by Gasteiger charge is -2.26. The molecule has 0 radical (unpaired) electrons. The summed E-state index contributed by atoms with van der Waals surface area (Å²) in [6.45, 7) is 4.07. The van der Waals surface area contributed by atoms with Crippen LogP contribution in [0.25, 0.3) is 0 Å². The van der Waals surface area contributed by atoms with Gasteiger partial charge in [-0.15, -0.1) is 0 Å². The highest BCUT2D eigenvalue weighted by Gasteiger charge is 2.76. The normalized spacial score (nSPS) is 32.2. The van der Waals surface area contributed by atoms with Crippen LogP contribution < -0.4 is 0 Å². The van der Waals surface area contributed by atoms with Crippen LogP contribution in [0.5, 0.6) is 0 Å². The van der Waals surface area contributed by atoms with E-state index in [1.807, 2.05) is 13.8 Å². The molecule has 1 aliphatic carbocycles. The van der Waals surface area contributed by atoms with Gasteiger partial charge in [-0.3, -0.25) is 0 Å². The predicted molar refractivity (Wildman–Crippen MR) is 71.9 cm³/mol. The van der Waals surface area contributed by atoms with E-state index in [-0.39, 0.29) is 17.5 Å². The van der Waals surface area contributed by atoms with Gasteiger partial charge in [0.25, 0.3) is 0 Å². The van der Waals surface area contributed by atoms with E-state index in [0.717, 1.165) is 19.3 Å². The summed E-state index contributed by atoms with van der Waals surface area (Å²) in [4.78, 5) is 12.2. The number of rotatable bonds is 2. The minimum absolute atomic E-state index is 0.130. The Morgan fingerprint density at radius 1 is 1.32 bits per heavy atom. The second kappa shape index (κ2) is 4.07. The summed E-state index contributed by atoms with van der Waals surface area (Å²) in [5, 5.41) is 0. The quantitative estimate of drug-likeness (QED) is 0.606. The third kappa shape index (κ3) is 1.57. The number of carbonyl (C=O) groups excluding carboxylic acids is 1. The maximum atomic E-state index is 12.2. The first-order valence-corrected chi connectivity index (χ1v) is 6.91. The van der Waals surface area contributed by atoms with Gasteiger partial charge < -0.3 is 9.47 Å². The average molecular weight is 260 g/mol. The molecule has 0 amide bonds. The van der Waals surface area contributed by atoms with Crippen molar-refractivity contribution in [3.05, 3.63) is 35.4 Å². The molecule has 0 saturated carbocycles. The van der Waals surface area contributed by atoms with Crippen molar-refractivity contribution in [3.63, 3.8) is 0 Å². The number of epoxide rings is 1. The fourth-order valence-electron chi connectivity index (χ4n) is 3.65. The van der Waals surface area contributed by atoms with Crippen molar-refractivity contribution in [1.29, 1.82) is 0 Å². The lowest BCUT2D eigenvalue weighted by atomic mass is 9.73. The smallest absolute Gasteiger partial charge is 0.341 e. The molecule has 1 aromatic carbocycles. The Balaban J connectivity index is 1.94. The van der Waals surface area contributed by atoms with Crippen molar-refractivity contribution < 1.29 is 14.3 Å². The Hall–Kier alpha value is -1.35. The van der Waals surface area contributed by atoms with Crippen molar-refractivity contribution >= 4 is 5.97 Å². The lowest BCUT2D eigenvalue weighted by Crippen LogP contribution is -2.42. The Kier molecular flexibility index (Phi) is 2.72. The molecular formula is C16H20O3. The third-order valence-electron chi connectivity index (χ3n) is 4.69. The molecule has 3 heteroatoms. The highest BCUT2D eigenvalue weighted by atomic mass is 16.7. The molecule has 102 valence electrons. The summed E-state index contributed by atoms with van der Waals surface area (Å²) in [5.41, 5.74) is 1.60. The number of aryl methyl sites for hydroxylation is 1. The lowest BCUT2D eigenvalue weighted by molar-refractivity contribution is -0.148. The second-order valence-corrected chi connectivity index (χ2v) is 5.92. The molecule has 1 fully saturated rings. The van der Waals surface area contributed by atoms with Crippen LogP contribution in [0.1, 0.15) is 31.4 Å². The molecule has 1 spiro atoms. The van der Waals surface area contributed by atoms with Crippen molar-refractivity contribution in [1.82, 2.24) is 0 Å². The van der Waals surface area contributed by atoms with Crippen LogP contribution >= 0.6 is 0 Å². The van der Waals surface area contributed by atoms with Crippen molar-refractivity contribution in [2.75, 3.05) is 7.11 Å². The molecule has 3 nitrogen and oxygen atoms in total. The number of hydrogen-bond acceptors (Lipinski definition) is 3. The number of fused-ring (bicyclic) bond motifs is 1. The minimum Gasteiger partial charge on any atom is -0.467 e. The Morgan fingerprint density at radius 2 is 2.00 bits per heavy atom. The van der Waals surface area contributed by atoms with E-state index in [1.54, 1.807) is 0 Å². The molecule has 1 aromatic rings. The minimum atomic E-state index is -0.741.